The maximum atomic E-state index is 12.2. The van der Waals surface area contributed by atoms with E-state index in [-0.39, 0.29) is 33.4 Å². The molecule has 2 aromatic heterocycles. The minimum Gasteiger partial charge on any atom is -0.464 e. The van der Waals surface area contributed by atoms with Crippen LogP contribution >= 0.6 is 0 Å². The van der Waals surface area contributed by atoms with Gasteiger partial charge in [-0.2, -0.15) is 5.26 Å². The Bertz CT molecular complexity index is 1130. The third-order valence-electron chi connectivity index (χ3n) is 3.61. The highest BCUT2D eigenvalue weighted by Gasteiger charge is 2.23. The molecule has 9 nitrogen and oxygen atoms in total. The van der Waals surface area contributed by atoms with Crippen molar-refractivity contribution in [1.29, 1.82) is 5.26 Å². The molecule has 0 saturated heterocycles. The van der Waals surface area contributed by atoms with Crippen molar-refractivity contribution in [3.05, 3.63) is 56.4 Å². The number of anilines is 1. The number of hydrogen-bond donors (Lipinski definition) is 3. The molecule has 0 unspecified atom stereocenters. The standard InChI is InChI=1S/C15H11N5O4/c1-24-15(23)12-11(17)7(5-16)6-20(12)9-4-2-3-8-10(9)14(22)19-18-13(8)21/h2-4,6H,17H2,1H3,(H,18,21)(H,19,22). The van der Waals surface area contributed by atoms with Crippen molar-refractivity contribution < 1.29 is 9.53 Å². The Labute approximate surface area is 133 Å². The second kappa shape index (κ2) is 5.44. The number of nitrogens with one attached hydrogen (secondary N) is 2. The van der Waals surface area contributed by atoms with Crippen LogP contribution in [0.4, 0.5) is 5.69 Å². The lowest BCUT2D eigenvalue weighted by atomic mass is 10.1. The van der Waals surface area contributed by atoms with Crippen LogP contribution in [0.15, 0.2) is 34.0 Å². The number of carbonyl (C=O) groups excluding carboxylic acids is 1. The van der Waals surface area contributed by atoms with Crippen LogP contribution in [0.25, 0.3) is 16.5 Å². The van der Waals surface area contributed by atoms with Crippen LogP contribution < -0.4 is 16.9 Å². The molecule has 3 rings (SSSR count). The molecule has 0 aliphatic carbocycles. The minimum atomic E-state index is -0.771. The normalized spacial score (nSPS) is 10.5. The number of nitrogen functional groups attached to an aromatic ring is 1. The molecule has 0 spiro atoms. The Kier molecular flexibility index (Phi) is 3.42. The summed E-state index contributed by atoms with van der Waals surface area (Å²) in [5.74, 6) is -0.771. The molecule has 0 fully saturated rings. The average molecular weight is 325 g/mol. The molecule has 3 aromatic rings. The number of carbonyl (C=O) groups is 1. The number of esters is 1. The Hall–Kier alpha value is -3.80. The summed E-state index contributed by atoms with van der Waals surface area (Å²) in [7, 11) is 1.17. The van der Waals surface area contributed by atoms with Crippen molar-refractivity contribution in [2.24, 2.45) is 0 Å². The van der Waals surface area contributed by atoms with E-state index in [9.17, 15) is 14.4 Å². The average Bonchev–Trinajstić information content (AvgIpc) is 2.93. The van der Waals surface area contributed by atoms with Gasteiger partial charge in [-0.3, -0.25) is 19.8 Å². The number of fused-ring (bicyclic) bond motifs is 1. The molecule has 9 heteroatoms. The van der Waals surface area contributed by atoms with E-state index in [2.05, 4.69) is 10.2 Å². The quantitative estimate of drug-likeness (QED) is 0.575. The first-order valence-corrected chi connectivity index (χ1v) is 6.73. The van der Waals surface area contributed by atoms with Crippen molar-refractivity contribution in [2.45, 2.75) is 0 Å². The number of nitriles is 1. The molecule has 4 N–H and O–H groups in total. The topological polar surface area (TPSA) is 147 Å². The first kappa shape index (κ1) is 15.1. The third kappa shape index (κ3) is 2.05. The van der Waals surface area contributed by atoms with E-state index in [1.165, 1.54) is 30.0 Å². The van der Waals surface area contributed by atoms with Gasteiger partial charge in [-0.1, -0.05) is 6.07 Å². The van der Waals surface area contributed by atoms with Crippen LogP contribution in [-0.2, 0) is 4.74 Å². The zero-order valence-corrected chi connectivity index (χ0v) is 12.4. The molecular weight excluding hydrogens is 314 g/mol. The SMILES string of the molecule is COC(=O)c1c(N)c(C#N)cn1-c1cccc2c(=O)[nH][nH]c(=O)c12. The number of H-pyrrole nitrogens is 2. The number of methoxy groups -OCH3 is 1. The van der Waals surface area contributed by atoms with Gasteiger partial charge in [-0.25, -0.2) is 4.79 Å². The van der Waals surface area contributed by atoms with Gasteiger partial charge >= 0.3 is 5.97 Å². The van der Waals surface area contributed by atoms with E-state index in [1.807, 2.05) is 6.07 Å². The first-order valence-electron chi connectivity index (χ1n) is 6.73. The second-order valence-corrected chi connectivity index (χ2v) is 4.89. The van der Waals surface area contributed by atoms with E-state index in [4.69, 9.17) is 15.7 Å². The maximum absolute atomic E-state index is 12.2. The van der Waals surface area contributed by atoms with Crippen molar-refractivity contribution >= 4 is 22.4 Å². The van der Waals surface area contributed by atoms with Crippen LogP contribution in [0.5, 0.6) is 0 Å². The van der Waals surface area contributed by atoms with Crippen molar-refractivity contribution in [2.75, 3.05) is 12.8 Å². The lowest BCUT2D eigenvalue weighted by Crippen LogP contribution is -2.21. The Morgan fingerprint density at radius 2 is 2.00 bits per heavy atom. The number of hydrogen-bond acceptors (Lipinski definition) is 6. The van der Waals surface area contributed by atoms with Gasteiger partial charge in [0.25, 0.3) is 11.1 Å². The van der Waals surface area contributed by atoms with Crippen molar-refractivity contribution in [3.8, 4) is 11.8 Å². The Morgan fingerprint density at radius 1 is 1.29 bits per heavy atom. The number of nitrogens with zero attached hydrogens (tertiary/aromatic N) is 2. The summed E-state index contributed by atoms with van der Waals surface area (Å²) in [4.78, 5) is 36.2. The predicted octanol–water partition coefficient (Wildman–Crippen LogP) is 0.248. The summed E-state index contributed by atoms with van der Waals surface area (Å²) in [5.41, 5.74) is 4.91. The van der Waals surface area contributed by atoms with Gasteiger partial charge in [0.1, 0.15) is 6.07 Å². The Balaban J connectivity index is 2.48. The van der Waals surface area contributed by atoms with E-state index < -0.39 is 17.1 Å². The van der Waals surface area contributed by atoms with E-state index in [0.717, 1.165) is 0 Å². The summed E-state index contributed by atoms with van der Waals surface area (Å²) < 4.78 is 5.97. The molecular formula is C15H11N5O4. The molecule has 0 amide bonds. The van der Waals surface area contributed by atoms with Crippen molar-refractivity contribution in [3.63, 3.8) is 0 Å². The van der Waals surface area contributed by atoms with Gasteiger partial charge in [-0.15, -0.1) is 0 Å². The maximum Gasteiger partial charge on any atom is 0.357 e. The predicted molar refractivity (Wildman–Crippen MR) is 85.0 cm³/mol. The highest BCUT2D eigenvalue weighted by Crippen LogP contribution is 2.26. The second-order valence-electron chi connectivity index (χ2n) is 4.89. The van der Waals surface area contributed by atoms with Gasteiger partial charge in [0.05, 0.1) is 34.8 Å². The molecule has 0 bridgehead atoms. The van der Waals surface area contributed by atoms with Gasteiger partial charge in [-0.05, 0) is 12.1 Å². The highest BCUT2D eigenvalue weighted by molar-refractivity contribution is 5.98. The van der Waals surface area contributed by atoms with E-state index in [0.29, 0.717) is 0 Å². The number of benzene rings is 1. The van der Waals surface area contributed by atoms with Crippen molar-refractivity contribution in [1.82, 2.24) is 14.8 Å². The molecule has 120 valence electrons. The number of aromatic nitrogens is 3. The number of aromatic amines is 2. The van der Waals surface area contributed by atoms with Crippen LogP contribution in [0.1, 0.15) is 16.1 Å². The highest BCUT2D eigenvalue weighted by atomic mass is 16.5. The summed E-state index contributed by atoms with van der Waals surface area (Å²) in [6, 6.07) is 6.43. The molecule has 0 saturated carbocycles. The van der Waals surface area contributed by atoms with Gasteiger partial charge in [0.15, 0.2) is 5.69 Å². The molecule has 0 radical (unpaired) electrons. The molecule has 0 atom stereocenters. The summed E-state index contributed by atoms with van der Waals surface area (Å²) >= 11 is 0. The number of rotatable bonds is 2. The van der Waals surface area contributed by atoms with Crippen LogP contribution in [0.2, 0.25) is 0 Å². The van der Waals surface area contributed by atoms with E-state index >= 15 is 0 Å². The molecule has 24 heavy (non-hydrogen) atoms. The van der Waals surface area contributed by atoms with Crippen LogP contribution in [0, 0.1) is 11.3 Å². The lowest BCUT2D eigenvalue weighted by molar-refractivity contribution is 0.0593. The number of nitrogens with two attached hydrogens (primary N) is 1. The monoisotopic (exact) mass is 325 g/mol. The fourth-order valence-electron chi connectivity index (χ4n) is 2.52. The zero-order valence-electron chi connectivity index (χ0n) is 12.4. The van der Waals surface area contributed by atoms with Crippen LogP contribution in [-0.4, -0.2) is 27.8 Å². The summed E-state index contributed by atoms with van der Waals surface area (Å²) in [6.45, 7) is 0. The fraction of sp³-hybridized carbons (Fsp3) is 0.0667. The smallest absolute Gasteiger partial charge is 0.357 e. The zero-order chi connectivity index (χ0) is 17.4. The Morgan fingerprint density at radius 3 is 2.67 bits per heavy atom. The fourth-order valence-corrected chi connectivity index (χ4v) is 2.52. The molecule has 2 heterocycles. The first-order chi connectivity index (χ1) is 11.5. The molecule has 0 aliphatic rings. The van der Waals surface area contributed by atoms with Crippen LogP contribution in [0.3, 0.4) is 0 Å². The molecule has 0 aliphatic heterocycles. The van der Waals surface area contributed by atoms with Gasteiger partial charge in [0, 0.05) is 6.20 Å². The largest absolute Gasteiger partial charge is 0.464 e. The minimum absolute atomic E-state index is 0.0497. The molecule has 1 aromatic carbocycles. The number of ether oxygens (including phenoxy) is 1. The summed E-state index contributed by atoms with van der Waals surface area (Å²) in [5, 5.41) is 13.8. The lowest BCUT2D eigenvalue weighted by Gasteiger charge is -2.10. The van der Waals surface area contributed by atoms with E-state index in [1.54, 1.807) is 6.07 Å². The van der Waals surface area contributed by atoms with Gasteiger partial charge in [0.2, 0.25) is 0 Å². The van der Waals surface area contributed by atoms with Gasteiger partial charge < -0.3 is 15.0 Å². The summed E-state index contributed by atoms with van der Waals surface area (Å²) in [6.07, 6.45) is 1.32. The third-order valence-corrected chi connectivity index (χ3v) is 3.61.